The zero-order valence-electron chi connectivity index (χ0n) is 6.71. The summed E-state index contributed by atoms with van der Waals surface area (Å²) in [6, 6.07) is 0. The molecule has 0 bridgehead atoms. The van der Waals surface area contributed by atoms with E-state index in [9.17, 15) is 4.79 Å². The van der Waals surface area contributed by atoms with Gasteiger partial charge >= 0.3 is 5.97 Å². The number of hydrogen-bond acceptors (Lipinski definition) is 2. The molecule has 1 aliphatic carbocycles. The van der Waals surface area contributed by atoms with Gasteiger partial charge in [0.15, 0.2) is 0 Å². The van der Waals surface area contributed by atoms with E-state index in [1.807, 2.05) is 0 Å². The van der Waals surface area contributed by atoms with Crippen LogP contribution in [0.1, 0.15) is 38.5 Å². The number of carbonyl (C=O) groups is 1. The van der Waals surface area contributed by atoms with E-state index in [-0.39, 0.29) is 5.97 Å². The summed E-state index contributed by atoms with van der Waals surface area (Å²) in [5.74, 6) is 0.696. The third-order valence-electron chi connectivity index (χ3n) is 2.83. The first-order chi connectivity index (χ1) is 5.36. The number of cyclic esters (lactones) is 1. The van der Waals surface area contributed by atoms with Gasteiger partial charge in [-0.3, -0.25) is 4.79 Å². The minimum absolute atomic E-state index is 0.000531. The summed E-state index contributed by atoms with van der Waals surface area (Å²) in [4.78, 5) is 10.5. The van der Waals surface area contributed by atoms with E-state index in [1.165, 1.54) is 32.1 Å². The summed E-state index contributed by atoms with van der Waals surface area (Å²) in [5, 5.41) is 0. The SMILES string of the molecule is O=C1C[C@H](C2CCCCC2)O1. The summed E-state index contributed by atoms with van der Waals surface area (Å²) in [5.41, 5.74) is 0. The molecule has 0 unspecified atom stereocenters. The highest BCUT2D eigenvalue weighted by atomic mass is 16.6. The molecule has 0 N–H and O–H groups in total. The number of rotatable bonds is 1. The maximum Gasteiger partial charge on any atom is 0.309 e. The molecule has 2 aliphatic rings. The van der Waals surface area contributed by atoms with Crippen molar-refractivity contribution in [2.24, 2.45) is 5.92 Å². The van der Waals surface area contributed by atoms with Gasteiger partial charge in [0.2, 0.25) is 0 Å². The Morgan fingerprint density at radius 1 is 1.18 bits per heavy atom. The van der Waals surface area contributed by atoms with E-state index in [0.29, 0.717) is 18.4 Å². The van der Waals surface area contributed by atoms with Crippen LogP contribution in [0.15, 0.2) is 0 Å². The molecule has 1 saturated carbocycles. The van der Waals surface area contributed by atoms with Gasteiger partial charge < -0.3 is 4.74 Å². The van der Waals surface area contributed by atoms with Crippen molar-refractivity contribution in [2.45, 2.75) is 44.6 Å². The third-order valence-corrected chi connectivity index (χ3v) is 2.83. The highest BCUT2D eigenvalue weighted by Crippen LogP contribution is 2.33. The van der Waals surface area contributed by atoms with Crippen molar-refractivity contribution in [2.75, 3.05) is 0 Å². The zero-order chi connectivity index (χ0) is 7.68. The van der Waals surface area contributed by atoms with Gasteiger partial charge in [0, 0.05) is 0 Å². The molecule has 2 fully saturated rings. The van der Waals surface area contributed by atoms with Gasteiger partial charge in [-0.15, -0.1) is 0 Å². The van der Waals surface area contributed by atoms with Crippen LogP contribution in [0.2, 0.25) is 0 Å². The van der Waals surface area contributed by atoms with E-state index < -0.39 is 0 Å². The number of hydrogen-bond donors (Lipinski definition) is 0. The average Bonchev–Trinajstić information content (AvgIpc) is 2.01. The summed E-state index contributed by atoms with van der Waals surface area (Å²) in [7, 11) is 0. The van der Waals surface area contributed by atoms with Gasteiger partial charge in [-0.25, -0.2) is 0 Å². The quantitative estimate of drug-likeness (QED) is 0.539. The fourth-order valence-electron chi connectivity index (χ4n) is 2.09. The molecule has 1 aliphatic heterocycles. The second-order valence-corrected chi connectivity index (χ2v) is 3.63. The van der Waals surface area contributed by atoms with Gasteiger partial charge in [-0.2, -0.15) is 0 Å². The van der Waals surface area contributed by atoms with Crippen LogP contribution >= 0.6 is 0 Å². The number of ether oxygens (including phenoxy) is 1. The highest BCUT2D eigenvalue weighted by molar-refractivity contribution is 5.75. The molecule has 1 atom stereocenters. The zero-order valence-corrected chi connectivity index (χ0v) is 6.71. The summed E-state index contributed by atoms with van der Waals surface area (Å²) < 4.78 is 5.04. The first-order valence-electron chi connectivity index (χ1n) is 4.56. The van der Waals surface area contributed by atoms with Crippen molar-refractivity contribution >= 4 is 5.97 Å². The molecular formula is C9H14O2. The van der Waals surface area contributed by atoms with Crippen molar-refractivity contribution in [1.29, 1.82) is 0 Å². The number of carbonyl (C=O) groups excluding carboxylic acids is 1. The van der Waals surface area contributed by atoms with Crippen molar-refractivity contribution < 1.29 is 9.53 Å². The molecule has 0 spiro atoms. The summed E-state index contributed by atoms with van der Waals surface area (Å²) in [6.45, 7) is 0. The van der Waals surface area contributed by atoms with Crippen LogP contribution in [0.4, 0.5) is 0 Å². The smallest absolute Gasteiger partial charge is 0.309 e. The largest absolute Gasteiger partial charge is 0.461 e. The standard InChI is InChI=1S/C9H14O2/c10-9-6-8(11-9)7-4-2-1-3-5-7/h7-8H,1-6H2/t8-/m1/s1. The lowest BCUT2D eigenvalue weighted by molar-refractivity contribution is -0.176. The predicted octanol–water partition coefficient (Wildman–Crippen LogP) is 1.88. The molecule has 0 aromatic rings. The minimum Gasteiger partial charge on any atom is -0.461 e. The van der Waals surface area contributed by atoms with Crippen molar-refractivity contribution in [3.8, 4) is 0 Å². The van der Waals surface area contributed by atoms with Gasteiger partial charge in [0.1, 0.15) is 6.10 Å². The van der Waals surface area contributed by atoms with Gasteiger partial charge in [-0.05, 0) is 18.8 Å². The Kier molecular flexibility index (Phi) is 1.84. The Bertz CT molecular complexity index is 151. The van der Waals surface area contributed by atoms with Crippen molar-refractivity contribution in [3.63, 3.8) is 0 Å². The second kappa shape index (κ2) is 2.84. The average molecular weight is 154 g/mol. The molecule has 2 nitrogen and oxygen atoms in total. The molecule has 2 heteroatoms. The van der Waals surface area contributed by atoms with Crippen LogP contribution in [0.25, 0.3) is 0 Å². The topological polar surface area (TPSA) is 26.3 Å². The lowest BCUT2D eigenvalue weighted by Crippen LogP contribution is -2.39. The van der Waals surface area contributed by atoms with Crippen LogP contribution in [-0.4, -0.2) is 12.1 Å². The molecule has 0 radical (unpaired) electrons. The first kappa shape index (κ1) is 7.14. The number of esters is 1. The fraction of sp³-hybridized carbons (Fsp3) is 0.889. The molecule has 0 amide bonds. The van der Waals surface area contributed by atoms with Crippen molar-refractivity contribution in [3.05, 3.63) is 0 Å². The lowest BCUT2D eigenvalue weighted by Gasteiger charge is -2.35. The normalized spacial score (nSPS) is 32.7. The molecule has 1 saturated heterocycles. The van der Waals surface area contributed by atoms with Crippen molar-refractivity contribution in [1.82, 2.24) is 0 Å². The lowest BCUT2D eigenvalue weighted by atomic mass is 9.82. The van der Waals surface area contributed by atoms with Gasteiger partial charge in [0.25, 0.3) is 0 Å². The molecule has 11 heavy (non-hydrogen) atoms. The molecule has 0 aromatic carbocycles. The second-order valence-electron chi connectivity index (χ2n) is 3.63. The van der Waals surface area contributed by atoms with Crippen LogP contribution in [0, 0.1) is 5.92 Å². The maximum atomic E-state index is 10.5. The van der Waals surface area contributed by atoms with Gasteiger partial charge in [-0.1, -0.05) is 19.3 Å². The molecule has 1 heterocycles. The fourth-order valence-corrected chi connectivity index (χ4v) is 2.09. The van der Waals surface area contributed by atoms with E-state index >= 15 is 0 Å². The third kappa shape index (κ3) is 1.39. The maximum absolute atomic E-state index is 10.5. The Labute approximate surface area is 66.9 Å². The molecule has 0 aromatic heterocycles. The monoisotopic (exact) mass is 154 g/mol. The van der Waals surface area contributed by atoms with E-state index in [2.05, 4.69) is 0 Å². The molecular weight excluding hydrogens is 140 g/mol. The summed E-state index contributed by atoms with van der Waals surface area (Å²) in [6.07, 6.45) is 7.57. The van der Waals surface area contributed by atoms with E-state index in [4.69, 9.17) is 4.74 Å². The first-order valence-corrected chi connectivity index (χ1v) is 4.56. The van der Waals surface area contributed by atoms with E-state index in [1.54, 1.807) is 0 Å². The summed E-state index contributed by atoms with van der Waals surface area (Å²) >= 11 is 0. The minimum atomic E-state index is 0.000531. The van der Waals surface area contributed by atoms with Crippen LogP contribution in [0.5, 0.6) is 0 Å². The molecule has 62 valence electrons. The van der Waals surface area contributed by atoms with Crippen LogP contribution < -0.4 is 0 Å². The van der Waals surface area contributed by atoms with E-state index in [0.717, 1.165) is 0 Å². The highest BCUT2D eigenvalue weighted by Gasteiger charge is 2.35. The Hall–Kier alpha value is -0.530. The predicted molar refractivity (Wildman–Crippen MR) is 41.1 cm³/mol. The van der Waals surface area contributed by atoms with Crippen LogP contribution in [-0.2, 0) is 9.53 Å². The Morgan fingerprint density at radius 3 is 2.36 bits per heavy atom. The Balaban J connectivity index is 1.80. The van der Waals surface area contributed by atoms with Crippen LogP contribution in [0.3, 0.4) is 0 Å². The van der Waals surface area contributed by atoms with Gasteiger partial charge in [0.05, 0.1) is 6.42 Å². The Morgan fingerprint density at radius 2 is 1.82 bits per heavy atom. The molecule has 2 rings (SSSR count).